The van der Waals surface area contributed by atoms with Crippen molar-refractivity contribution in [1.82, 2.24) is 0 Å². The van der Waals surface area contributed by atoms with Crippen molar-refractivity contribution in [3.63, 3.8) is 0 Å². The van der Waals surface area contributed by atoms with Gasteiger partial charge in [0.1, 0.15) is 17.1 Å². The van der Waals surface area contributed by atoms with E-state index in [-0.39, 0.29) is 28.8 Å². The van der Waals surface area contributed by atoms with Gasteiger partial charge in [0.15, 0.2) is 12.4 Å². The molecule has 1 amide bonds. The molecular formula is C24H21NO6. The number of methoxy groups -OCH3 is 2. The van der Waals surface area contributed by atoms with Crippen molar-refractivity contribution in [3.8, 4) is 11.5 Å². The van der Waals surface area contributed by atoms with E-state index >= 15 is 0 Å². The van der Waals surface area contributed by atoms with Crippen LogP contribution in [0.4, 0.5) is 5.69 Å². The van der Waals surface area contributed by atoms with Crippen LogP contribution in [-0.4, -0.2) is 38.5 Å². The Kier molecular flexibility index (Phi) is 7.01. The first-order valence-corrected chi connectivity index (χ1v) is 9.41. The zero-order valence-corrected chi connectivity index (χ0v) is 17.1. The number of hydrogen-bond acceptors (Lipinski definition) is 6. The maximum atomic E-state index is 12.5. The second-order valence-corrected chi connectivity index (χ2v) is 6.43. The molecule has 3 aromatic rings. The smallest absolute Gasteiger partial charge is 0.346 e. The Balaban J connectivity index is 1.61. The number of amides is 1. The minimum Gasteiger partial charge on any atom is -0.496 e. The van der Waals surface area contributed by atoms with E-state index in [1.54, 1.807) is 66.7 Å². The van der Waals surface area contributed by atoms with Gasteiger partial charge in [-0.05, 0) is 48.5 Å². The van der Waals surface area contributed by atoms with Gasteiger partial charge in [0.2, 0.25) is 0 Å². The summed E-state index contributed by atoms with van der Waals surface area (Å²) in [6.07, 6.45) is 0. The van der Waals surface area contributed by atoms with E-state index in [2.05, 4.69) is 5.32 Å². The molecule has 3 rings (SSSR count). The van der Waals surface area contributed by atoms with E-state index in [4.69, 9.17) is 14.2 Å². The Hall–Kier alpha value is -4.13. The lowest BCUT2D eigenvalue weighted by Gasteiger charge is -2.12. The highest BCUT2D eigenvalue weighted by atomic mass is 16.5. The molecule has 3 aromatic carbocycles. The first-order valence-electron chi connectivity index (χ1n) is 9.41. The number of hydrogen-bond donors (Lipinski definition) is 1. The summed E-state index contributed by atoms with van der Waals surface area (Å²) in [6.45, 7) is -0.449. The summed E-state index contributed by atoms with van der Waals surface area (Å²) in [7, 11) is 2.85. The first kappa shape index (κ1) is 21.6. The van der Waals surface area contributed by atoms with Crippen molar-refractivity contribution >= 4 is 23.3 Å². The molecule has 0 aromatic heterocycles. The van der Waals surface area contributed by atoms with Gasteiger partial charge in [-0.25, -0.2) is 4.79 Å². The number of anilines is 1. The maximum absolute atomic E-state index is 12.5. The second kappa shape index (κ2) is 10.1. The van der Waals surface area contributed by atoms with Gasteiger partial charge in [0.05, 0.1) is 14.2 Å². The van der Waals surface area contributed by atoms with Crippen LogP contribution in [0.3, 0.4) is 0 Å². The molecule has 7 heteroatoms. The number of esters is 1. The van der Waals surface area contributed by atoms with Crippen LogP contribution in [0.5, 0.6) is 11.5 Å². The Bertz CT molecular complexity index is 1050. The Morgan fingerprint density at radius 3 is 1.94 bits per heavy atom. The van der Waals surface area contributed by atoms with Crippen molar-refractivity contribution in [2.75, 3.05) is 26.1 Å². The summed E-state index contributed by atoms with van der Waals surface area (Å²) in [5.74, 6) is -0.789. The summed E-state index contributed by atoms with van der Waals surface area (Å²) in [6, 6.07) is 20.0. The number of carbonyl (C=O) groups is 3. The Morgan fingerprint density at radius 1 is 0.742 bits per heavy atom. The Labute approximate surface area is 179 Å². The summed E-state index contributed by atoms with van der Waals surface area (Å²) in [4.78, 5) is 37.1. The van der Waals surface area contributed by atoms with Gasteiger partial charge in [-0.15, -0.1) is 0 Å². The molecule has 0 aliphatic heterocycles. The number of ketones is 1. The van der Waals surface area contributed by atoms with Crippen molar-refractivity contribution in [3.05, 3.63) is 89.5 Å². The summed E-state index contributed by atoms with van der Waals surface area (Å²) in [5.41, 5.74) is 1.53. The molecule has 0 bridgehead atoms. The fourth-order valence-electron chi connectivity index (χ4n) is 2.87. The Morgan fingerprint density at radius 2 is 1.35 bits per heavy atom. The maximum Gasteiger partial charge on any atom is 0.346 e. The monoisotopic (exact) mass is 419 g/mol. The number of nitrogens with one attached hydrogen (secondary N) is 1. The molecule has 0 aliphatic rings. The molecular weight excluding hydrogens is 398 g/mol. The molecule has 31 heavy (non-hydrogen) atoms. The number of benzene rings is 3. The SMILES string of the molecule is COc1cccc(OC)c1C(=O)OCC(=O)c1ccc(NC(=O)c2ccccc2)cc1. The number of ether oxygens (including phenoxy) is 3. The largest absolute Gasteiger partial charge is 0.496 e. The second-order valence-electron chi connectivity index (χ2n) is 6.43. The molecule has 1 N–H and O–H groups in total. The molecule has 0 unspecified atom stereocenters. The minimum absolute atomic E-state index is 0.110. The predicted molar refractivity (Wildman–Crippen MR) is 115 cm³/mol. The van der Waals surface area contributed by atoms with Crippen LogP contribution < -0.4 is 14.8 Å². The molecule has 158 valence electrons. The fourth-order valence-corrected chi connectivity index (χ4v) is 2.87. The van der Waals surface area contributed by atoms with E-state index in [9.17, 15) is 14.4 Å². The lowest BCUT2D eigenvalue weighted by Crippen LogP contribution is -2.16. The summed E-state index contributed by atoms with van der Waals surface area (Å²) in [5, 5.41) is 2.76. The summed E-state index contributed by atoms with van der Waals surface area (Å²) >= 11 is 0. The van der Waals surface area contributed by atoms with Crippen LogP contribution in [0, 0.1) is 0 Å². The molecule has 0 spiro atoms. The average Bonchev–Trinajstić information content (AvgIpc) is 2.82. The molecule has 0 fully saturated rings. The lowest BCUT2D eigenvalue weighted by molar-refractivity contribution is 0.0468. The molecule has 7 nitrogen and oxygen atoms in total. The van der Waals surface area contributed by atoms with Gasteiger partial charge in [-0.1, -0.05) is 24.3 Å². The first-order chi connectivity index (χ1) is 15.0. The standard InChI is InChI=1S/C24H21NO6/c1-29-20-9-6-10-21(30-2)22(20)24(28)31-15-19(26)16-11-13-18(14-12-16)25-23(27)17-7-4-3-5-8-17/h3-14H,15H2,1-2H3,(H,25,27). The van der Waals surface area contributed by atoms with E-state index in [1.807, 2.05) is 6.07 Å². The molecule has 0 heterocycles. The van der Waals surface area contributed by atoms with E-state index in [1.165, 1.54) is 14.2 Å². The van der Waals surface area contributed by atoms with Crippen LogP contribution in [0.1, 0.15) is 31.1 Å². The van der Waals surface area contributed by atoms with Gasteiger partial charge in [-0.2, -0.15) is 0 Å². The van der Waals surface area contributed by atoms with Gasteiger partial charge in [-0.3, -0.25) is 9.59 Å². The molecule has 0 saturated carbocycles. The van der Waals surface area contributed by atoms with Crippen LogP contribution in [0.25, 0.3) is 0 Å². The third-order valence-electron chi connectivity index (χ3n) is 4.47. The highest BCUT2D eigenvalue weighted by molar-refractivity contribution is 6.05. The number of Topliss-reactive ketones (excluding diaryl/α,β-unsaturated/α-hetero) is 1. The zero-order valence-electron chi connectivity index (χ0n) is 17.1. The van der Waals surface area contributed by atoms with Crippen molar-refractivity contribution in [2.24, 2.45) is 0 Å². The van der Waals surface area contributed by atoms with Crippen LogP contribution >= 0.6 is 0 Å². The van der Waals surface area contributed by atoms with Crippen molar-refractivity contribution < 1.29 is 28.6 Å². The van der Waals surface area contributed by atoms with E-state index < -0.39 is 12.6 Å². The van der Waals surface area contributed by atoms with Gasteiger partial charge in [0.25, 0.3) is 5.91 Å². The number of carbonyl (C=O) groups excluding carboxylic acids is 3. The van der Waals surface area contributed by atoms with Crippen LogP contribution in [-0.2, 0) is 4.74 Å². The normalized spacial score (nSPS) is 10.1. The van der Waals surface area contributed by atoms with E-state index in [0.29, 0.717) is 16.8 Å². The zero-order chi connectivity index (χ0) is 22.2. The van der Waals surface area contributed by atoms with Gasteiger partial charge >= 0.3 is 5.97 Å². The van der Waals surface area contributed by atoms with Gasteiger partial charge in [0, 0.05) is 16.8 Å². The van der Waals surface area contributed by atoms with Crippen molar-refractivity contribution in [2.45, 2.75) is 0 Å². The molecule has 0 aliphatic carbocycles. The summed E-state index contributed by atoms with van der Waals surface area (Å²) < 4.78 is 15.5. The third kappa shape index (κ3) is 5.27. The quantitative estimate of drug-likeness (QED) is 0.438. The van der Waals surface area contributed by atoms with Crippen molar-refractivity contribution in [1.29, 1.82) is 0 Å². The number of rotatable bonds is 8. The van der Waals surface area contributed by atoms with Crippen LogP contribution in [0.2, 0.25) is 0 Å². The third-order valence-corrected chi connectivity index (χ3v) is 4.47. The molecule has 0 atom stereocenters. The molecule has 0 saturated heterocycles. The van der Waals surface area contributed by atoms with E-state index in [0.717, 1.165) is 0 Å². The predicted octanol–water partition coefficient (Wildman–Crippen LogP) is 4.00. The topological polar surface area (TPSA) is 90.9 Å². The van der Waals surface area contributed by atoms with Crippen LogP contribution in [0.15, 0.2) is 72.8 Å². The highest BCUT2D eigenvalue weighted by Crippen LogP contribution is 2.29. The fraction of sp³-hybridized carbons (Fsp3) is 0.125. The molecule has 0 radical (unpaired) electrons. The lowest BCUT2D eigenvalue weighted by atomic mass is 10.1. The minimum atomic E-state index is -0.727. The highest BCUT2D eigenvalue weighted by Gasteiger charge is 2.21. The average molecular weight is 419 g/mol. The van der Waals surface area contributed by atoms with Gasteiger partial charge < -0.3 is 19.5 Å².